The van der Waals surface area contributed by atoms with E-state index in [2.05, 4.69) is 10.6 Å². The largest absolute Gasteiger partial charge is 0.487 e. The summed E-state index contributed by atoms with van der Waals surface area (Å²) in [5, 5.41) is 4.67. The number of carbonyl (C=O) groups excluding carboxylic acids is 2. The average molecular weight is 236 g/mol. The minimum absolute atomic E-state index is 0.355. The van der Waals surface area contributed by atoms with E-state index >= 15 is 0 Å². The molecule has 2 aliphatic rings. The third-order valence-corrected chi connectivity index (χ3v) is 3.18. The second kappa shape index (κ2) is 2.97. The maximum atomic E-state index is 13.2. The van der Waals surface area contributed by atoms with Gasteiger partial charge in [0.2, 0.25) is 0 Å². The van der Waals surface area contributed by atoms with Gasteiger partial charge in [-0.3, -0.25) is 10.1 Å². The van der Waals surface area contributed by atoms with Crippen LogP contribution in [-0.2, 0) is 10.3 Å². The number of nitrogens with one attached hydrogen (secondary N) is 2. The summed E-state index contributed by atoms with van der Waals surface area (Å²) in [6.07, 6.45) is -0.578. The zero-order valence-corrected chi connectivity index (χ0v) is 8.91. The van der Waals surface area contributed by atoms with Crippen molar-refractivity contribution in [3.63, 3.8) is 0 Å². The van der Waals surface area contributed by atoms with Crippen molar-refractivity contribution in [2.24, 2.45) is 0 Å². The third kappa shape index (κ3) is 1.12. The Balaban J connectivity index is 2.22. The fourth-order valence-corrected chi connectivity index (χ4v) is 2.36. The van der Waals surface area contributed by atoms with Gasteiger partial charge >= 0.3 is 6.03 Å². The van der Waals surface area contributed by atoms with Gasteiger partial charge in [-0.25, -0.2) is 9.18 Å². The first-order valence-corrected chi connectivity index (χ1v) is 5.14. The Bertz CT molecular complexity index is 546. The van der Waals surface area contributed by atoms with Crippen molar-refractivity contribution in [1.82, 2.24) is 10.6 Å². The molecule has 6 heteroatoms. The van der Waals surface area contributed by atoms with Gasteiger partial charge in [0.25, 0.3) is 5.91 Å². The Labute approximate surface area is 95.9 Å². The van der Waals surface area contributed by atoms with Crippen molar-refractivity contribution in [2.75, 3.05) is 0 Å². The first-order chi connectivity index (χ1) is 8.04. The molecule has 88 valence electrons. The van der Waals surface area contributed by atoms with Crippen LogP contribution in [0, 0.1) is 5.82 Å². The number of halogens is 1. The molecule has 2 unspecified atom stereocenters. The first kappa shape index (κ1) is 10.1. The van der Waals surface area contributed by atoms with Crippen LogP contribution >= 0.6 is 0 Å². The number of rotatable bonds is 0. The number of fused-ring (bicyclic) bond motifs is 2. The van der Waals surface area contributed by atoms with Crippen molar-refractivity contribution in [2.45, 2.75) is 18.6 Å². The van der Waals surface area contributed by atoms with E-state index in [0.29, 0.717) is 11.3 Å². The summed E-state index contributed by atoms with van der Waals surface area (Å²) >= 11 is 0. The normalized spacial score (nSPS) is 29.9. The SMILES string of the molecule is CC1Oc2ccc(F)cc2C12NC(=O)NC2=O. The number of benzene rings is 1. The fraction of sp³-hybridized carbons (Fsp3) is 0.273. The zero-order valence-electron chi connectivity index (χ0n) is 8.91. The predicted molar refractivity (Wildman–Crippen MR) is 54.8 cm³/mol. The highest BCUT2D eigenvalue weighted by molar-refractivity contribution is 6.08. The predicted octanol–water partition coefficient (Wildman–Crippen LogP) is 0.641. The molecule has 2 heterocycles. The molecule has 1 saturated heterocycles. The second-order valence-electron chi connectivity index (χ2n) is 4.12. The summed E-state index contributed by atoms with van der Waals surface area (Å²) < 4.78 is 18.7. The molecule has 0 saturated carbocycles. The summed E-state index contributed by atoms with van der Waals surface area (Å²) in [5.74, 6) is -0.578. The van der Waals surface area contributed by atoms with Crippen LogP contribution in [0.1, 0.15) is 12.5 Å². The number of imide groups is 1. The van der Waals surface area contributed by atoms with Crippen molar-refractivity contribution in [3.8, 4) is 5.75 Å². The van der Waals surface area contributed by atoms with Gasteiger partial charge in [0, 0.05) is 5.56 Å². The molecule has 3 amide bonds. The van der Waals surface area contributed by atoms with Gasteiger partial charge in [0.05, 0.1) is 0 Å². The monoisotopic (exact) mass is 236 g/mol. The maximum Gasteiger partial charge on any atom is 0.322 e. The first-order valence-electron chi connectivity index (χ1n) is 5.14. The second-order valence-corrected chi connectivity index (χ2v) is 4.12. The maximum absolute atomic E-state index is 13.2. The molecule has 17 heavy (non-hydrogen) atoms. The van der Waals surface area contributed by atoms with E-state index in [0.717, 1.165) is 0 Å². The van der Waals surface area contributed by atoms with E-state index in [1.165, 1.54) is 18.2 Å². The van der Waals surface area contributed by atoms with Crippen LogP contribution < -0.4 is 15.4 Å². The molecule has 1 aromatic carbocycles. The number of urea groups is 1. The lowest BCUT2D eigenvalue weighted by molar-refractivity contribution is -0.126. The van der Waals surface area contributed by atoms with Crippen LogP contribution in [0.4, 0.5) is 9.18 Å². The number of carbonyl (C=O) groups is 2. The van der Waals surface area contributed by atoms with E-state index in [9.17, 15) is 14.0 Å². The van der Waals surface area contributed by atoms with E-state index in [1.807, 2.05) is 0 Å². The molecule has 5 nitrogen and oxygen atoms in total. The highest BCUT2D eigenvalue weighted by Crippen LogP contribution is 2.43. The van der Waals surface area contributed by atoms with Gasteiger partial charge in [-0.05, 0) is 25.1 Å². The molecule has 1 spiro atoms. The molecule has 0 bridgehead atoms. The standard InChI is InChI=1S/C11H9FN2O3/c1-5-11(9(15)13-10(16)14-11)7-4-6(12)2-3-8(7)17-5/h2-5H,1H3,(H2,13,14,15,16). The third-order valence-electron chi connectivity index (χ3n) is 3.18. The topological polar surface area (TPSA) is 67.4 Å². The summed E-state index contributed by atoms with van der Waals surface area (Å²) in [6.45, 7) is 1.66. The lowest BCUT2D eigenvalue weighted by Crippen LogP contribution is -2.50. The zero-order chi connectivity index (χ0) is 12.2. The van der Waals surface area contributed by atoms with Crippen molar-refractivity contribution >= 4 is 11.9 Å². The molecule has 1 aromatic rings. The van der Waals surface area contributed by atoms with Crippen LogP contribution in [-0.4, -0.2) is 18.0 Å². The van der Waals surface area contributed by atoms with Gasteiger partial charge in [-0.2, -0.15) is 0 Å². The van der Waals surface area contributed by atoms with Gasteiger partial charge < -0.3 is 10.1 Å². The molecular formula is C11H9FN2O3. The Hall–Kier alpha value is -2.11. The Morgan fingerprint density at radius 1 is 1.41 bits per heavy atom. The van der Waals surface area contributed by atoms with Crippen molar-refractivity contribution < 1.29 is 18.7 Å². The molecule has 2 N–H and O–H groups in total. The lowest BCUT2D eigenvalue weighted by atomic mass is 9.87. The van der Waals surface area contributed by atoms with Gasteiger partial charge in [0.15, 0.2) is 5.54 Å². The van der Waals surface area contributed by atoms with Crippen LogP contribution in [0.25, 0.3) is 0 Å². The van der Waals surface area contributed by atoms with Gasteiger partial charge in [-0.15, -0.1) is 0 Å². The van der Waals surface area contributed by atoms with E-state index in [4.69, 9.17) is 4.74 Å². The van der Waals surface area contributed by atoms with E-state index in [-0.39, 0.29) is 0 Å². The molecule has 2 aliphatic heterocycles. The Kier molecular flexibility index (Phi) is 1.76. The van der Waals surface area contributed by atoms with Gasteiger partial charge in [-0.1, -0.05) is 0 Å². The Morgan fingerprint density at radius 3 is 2.82 bits per heavy atom. The number of hydrogen-bond donors (Lipinski definition) is 2. The Morgan fingerprint density at radius 2 is 2.18 bits per heavy atom. The summed E-state index contributed by atoms with van der Waals surface area (Å²) in [4.78, 5) is 23.2. The fourth-order valence-electron chi connectivity index (χ4n) is 2.36. The molecule has 0 aromatic heterocycles. The highest BCUT2D eigenvalue weighted by atomic mass is 19.1. The molecule has 2 atom stereocenters. The van der Waals surface area contributed by atoms with E-state index < -0.39 is 29.4 Å². The number of amides is 3. The summed E-state index contributed by atoms with van der Waals surface area (Å²) in [6, 6.07) is 3.32. The molecule has 3 rings (SSSR count). The summed E-state index contributed by atoms with van der Waals surface area (Å²) in [5.41, 5.74) is -0.956. The molecular weight excluding hydrogens is 227 g/mol. The van der Waals surface area contributed by atoms with E-state index in [1.54, 1.807) is 6.92 Å². The van der Waals surface area contributed by atoms with Crippen LogP contribution in [0.5, 0.6) is 5.75 Å². The van der Waals surface area contributed by atoms with Crippen molar-refractivity contribution in [1.29, 1.82) is 0 Å². The number of hydrogen-bond acceptors (Lipinski definition) is 3. The van der Waals surface area contributed by atoms with Crippen LogP contribution in [0.3, 0.4) is 0 Å². The molecule has 1 fully saturated rings. The average Bonchev–Trinajstić information content (AvgIpc) is 2.70. The van der Waals surface area contributed by atoms with Crippen molar-refractivity contribution in [3.05, 3.63) is 29.6 Å². The minimum Gasteiger partial charge on any atom is -0.487 e. The lowest BCUT2D eigenvalue weighted by Gasteiger charge is -2.23. The quantitative estimate of drug-likeness (QED) is 0.649. The number of ether oxygens (including phenoxy) is 1. The van der Waals surface area contributed by atoms with Crippen LogP contribution in [0.2, 0.25) is 0 Å². The molecule has 0 radical (unpaired) electrons. The highest BCUT2D eigenvalue weighted by Gasteiger charge is 2.58. The molecule has 0 aliphatic carbocycles. The summed E-state index contributed by atoms with van der Waals surface area (Å²) in [7, 11) is 0. The van der Waals surface area contributed by atoms with Crippen LogP contribution in [0.15, 0.2) is 18.2 Å². The van der Waals surface area contributed by atoms with Gasteiger partial charge in [0.1, 0.15) is 17.7 Å². The smallest absolute Gasteiger partial charge is 0.322 e. The minimum atomic E-state index is -1.31.